The molecular formula is C13H10BrN3O2. The molecule has 0 bridgehead atoms. The number of furan rings is 1. The molecule has 19 heavy (non-hydrogen) atoms. The van der Waals surface area contributed by atoms with Crippen molar-refractivity contribution in [1.82, 2.24) is 15.5 Å². The van der Waals surface area contributed by atoms with Crippen molar-refractivity contribution in [2.75, 3.05) is 0 Å². The number of carbonyl (C=O) groups is 1. The van der Waals surface area contributed by atoms with Gasteiger partial charge in [0, 0.05) is 11.6 Å². The van der Waals surface area contributed by atoms with E-state index in [0.717, 1.165) is 15.6 Å². The standard InChI is InChI=1S/C13H10BrN3O2/c14-10-3-1-2-8-6-11(19-12(8)10)13(18)15-7-9-4-5-16-17-9/h1-6H,7H2,(H,15,18)(H,16,17). The number of rotatable bonds is 3. The lowest BCUT2D eigenvalue weighted by Gasteiger charge is -1.99. The highest BCUT2D eigenvalue weighted by Gasteiger charge is 2.13. The van der Waals surface area contributed by atoms with E-state index in [0.29, 0.717) is 17.9 Å². The first-order chi connectivity index (χ1) is 9.24. The summed E-state index contributed by atoms with van der Waals surface area (Å²) in [5.74, 6) is 0.0408. The summed E-state index contributed by atoms with van der Waals surface area (Å²) in [7, 11) is 0. The second-order valence-electron chi connectivity index (χ2n) is 4.03. The number of hydrogen-bond acceptors (Lipinski definition) is 3. The Morgan fingerprint density at radius 2 is 2.32 bits per heavy atom. The summed E-state index contributed by atoms with van der Waals surface area (Å²) >= 11 is 3.39. The van der Waals surface area contributed by atoms with E-state index in [9.17, 15) is 4.79 Å². The summed E-state index contributed by atoms with van der Waals surface area (Å²) in [6.45, 7) is 0.386. The fraction of sp³-hybridized carbons (Fsp3) is 0.0769. The minimum absolute atomic E-state index is 0.252. The van der Waals surface area contributed by atoms with Crippen LogP contribution in [-0.2, 0) is 6.54 Å². The van der Waals surface area contributed by atoms with Crippen LogP contribution in [0.3, 0.4) is 0 Å². The molecule has 0 saturated carbocycles. The minimum Gasteiger partial charge on any atom is -0.450 e. The fourth-order valence-corrected chi connectivity index (χ4v) is 2.25. The Hall–Kier alpha value is -2.08. The van der Waals surface area contributed by atoms with Gasteiger partial charge in [0.2, 0.25) is 0 Å². The molecule has 3 rings (SSSR count). The van der Waals surface area contributed by atoms with E-state index in [1.54, 1.807) is 18.3 Å². The van der Waals surface area contributed by atoms with Crippen LogP contribution in [0.4, 0.5) is 0 Å². The maximum atomic E-state index is 12.0. The molecule has 5 nitrogen and oxygen atoms in total. The molecule has 0 aliphatic rings. The molecule has 96 valence electrons. The van der Waals surface area contributed by atoms with Gasteiger partial charge in [-0.1, -0.05) is 12.1 Å². The summed E-state index contributed by atoms with van der Waals surface area (Å²) in [6.07, 6.45) is 1.64. The Morgan fingerprint density at radius 3 is 3.05 bits per heavy atom. The zero-order valence-electron chi connectivity index (χ0n) is 9.81. The number of hydrogen-bond donors (Lipinski definition) is 2. The summed E-state index contributed by atoms with van der Waals surface area (Å²) < 4.78 is 6.38. The van der Waals surface area contributed by atoms with E-state index in [-0.39, 0.29) is 5.91 Å². The first kappa shape index (κ1) is 12.0. The lowest BCUT2D eigenvalue weighted by Crippen LogP contribution is -2.22. The Bertz CT molecular complexity index is 719. The molecule has 2 heterocycles. The average molecular weight is 320 g/mol. The van der Waals surface area contributed by atoms with Gasteiger partial charge >= 0.3 is 0 Å². The molecule has 0 spiro atoms. The van der Waals surface area contributed by atoms with Gasteiger partial charge in [-0.15, -0.1) is 0 Å². The van der Waals surface area contributed by atoms with Crippen molar-refractivity contribution in [1.29, 1.82) is 0 Å². The molecule has 0 saturated heterocycles. The van der Waals surface area contributed by atoms with E-state index >= 15 is 0 Å². The van der Waals surface area contributed by atoms with Gasteiger partial charge in [0.15, 0.2) is 5.76 Å². The van der Waals surface area contributed by atoms with Crippen LogP contribution >= 0.6 is 15.9 Å². The van der Waals surface area contributed by atoms with Crippen LogP contribution < -0.4 is 5.32 Å². The van der Waals surface area contributed by atoms with Crippen molar-refractivity contribution >= 4 is 32.8 Å². The van der Waals surface area contributed by atoms with Crippen molar-refractivity contribution in [3.63, 3.8) is 0 Å². The molecule has 1 aromatic carbocycles. The van der Waals surface area contributed by atoms with Crippen molar-refractivity contribution in [3.05, 3.63) is 52.5 Å². The largest absolute Gasteiger partial charge is 0.450 e. The molecule has 0 atom stereocenters. The number of carbonyl (C=O) groups excluding carboxylic acids is 1. The minimum atomic E-state index is -0.252. The predicted octanol–water partition coefficient (Wildman–Crippen LogP) is 2.85. The van der Waals surface area contributed by atoms with Crippen LogP contribution in [0.2, 0.25) is 0 Å². The normalized spacial score (nSPS) is 10.8. The molecule has 2 aromatic heterocycles. The van der Waals surface area contributed by atoms with Crippen LogP contribution in [0, 0.1) is 0 Å². The third-order valence-corrected chi connectivity index (χ3v) is 3.34. The molecule has 6 heteroatoms. The van der Waals surface area contributed by atoms with Crippen LogP contribution in [0.15, 0.2) is 45.4 Å². The van der Waals surface area contributed by atoms with Gasteiger partial charge in [-0.25, -0.2) is 0 Å². The highest BCUT2D eigenvalue weighted by atomic mass is 79.9. The maximum absolute atomic E-state index is 12.0. The second kappa shape index (κ2) is 4.89. The molecule has 0 radical (unpaired) electrons. The van der Waals surface area contributed by atoms with Gasteiger partial charge in [-0.3, -0.25) is 9.89 Å². The highest BCUT2D eigenvalue weighted by molar-refractivity contribution is 9.10. The van der Waals surface area contributed by atoms with E-state index in [1.165, 1.54) is 0 Å². The number of H-pyrrole nitrogens is 1. The first-order valence-electron chi connectivity index (χ1n) is 5.68. The number of benzene rings is 1. The Morgan fingerprint density at radius 1 is 1.42 bits per heavy atom. The van der Waals surface area contributed by atoms with Crippen LogP contribution in [0.1, 0.15) is 16.2 Å². The van der Waals surface area contributed by atoms with Gasteiger partial charge in [-0.2, -0.15) is 5.10 Å². The van der Waals surface area contributed by atoms with Gasteiger partial charge < -0.3 is 9.73 Å². The molecule has 0 aliphatic carbocycles. The van der Waals surface area contributed by atoms with Crippen LogP contribution in [0.5, 0.6) is 0 Å². The number of fused-ring (bicyclic) bond motifs is 1. The van der Waals surface area contributed by atoms with E-state index in [4.69, 9.17) is 4.42 Å². The smallest absolute Gasteiger partial charge is 0.287 e. The van der Waals surface area contributed by atoms with Gasteiger partial charge in [0.1, 0.15) is 5.58 Å². The molecular weight excluding hydrogens is 310 g/mol. The number of aromatic nitrogens is 2. The van der Waals surface area contributed by atoms with Gasteiger partial charge in [-0.05, 0) is 34.1 Å². The number of aromatic amines is 1. The molecule has 0 aliphatic heterocycles. The summed E-state index contributed by atoms with van der Waals surface area (Å²) in [6, 6.07) is 9.19. The van der Waals surface area contributed by atoms with E-state index in [2.05, 4.69) is 31.4 Å². The Labute approximate surface area is 117 Å². The molecule has 0 fully saturated rings. The number of nitrogens with one attached hydrogen (secondary N) is 2. The van der Waals surface area contributed by atoms with E-state index in [1.807, 2.05) is 18.2 Å². The first-order valence-corrected chi connectivity index (χ1v) is 6.48. The van der Waals surface area contributed by atoms with Crippen molar-refractivity contribution < 1.29 is 9.21 Å². The number of para-hydroxylation sites is 1. The Balaban J connectivity index is 1.80. The topological polar surface area (TPSA) is 70.9 Å². The zero-order valence-corrected chi connectivity index (χ0v) is 11.4. The molecule has 0 unspecified atom stereocenters. The van der Waals surface area contributed by atoms with Crippen molar-refractivity contribution in [2.45, 2.75) is 6.54 Å². The third kappa shape index (κ3) is 2.39. The fourth-order valence-electron chi connectivity index (χ4n) is 1.79. The second-order valence-corrected chi connectivity index (χ2v) is 4.89. The number of halogens is 1. The van der Waals surface area contributed by atoms with Crippen LogP contribution in [0.25, 0.3) is 11.0 Å². The van der Waals surface area contributed by atoms with Crippen molar-refractivity contribution in [2.24, 2.45) is 0 Å². The predicted molar refractivity (Wildman–Crippen MR) is 73.7 cm³/mol. The quantitative estimate of drug-likeness (QED) is 0.779. The average Bonchev–Trinajstić information content (AvgIpc) is 3.05. The number of nitrogens with zero attached hydrogens (tertiary/aromatic N) is 1. The number of amides is 1. The van der Waals surface area contributed by atoms with E-state index < -0.39 is 0 Å². The lowest BCUT2D eigenvalue weighted by molar-refractivity contribution is 0.0925. The molecule has 1 amide bonds. The van der Waals surface area contributed by atoms with Crippen molar-refractivity contribution in [3.8, 4) is 0 Å². The third-order valence-electron chi connectivity index (χ3n) is 2.72. The lowest BCUT2D eigenvalue weighted by atomic mass is 10.2. The highest BCUT2D eigenvalue weighted by Crippen LogP contribution is 2.26. The maximum Gasteiger partial charge on any atom is 0.287 e. The summed E-state index contributed by atoms with van der Waals surface area (Å²) in [4.78, 5) is 12.0. The SMILES string of the molecule is O=C(NCc1ccn[nH]1)c1cc2cccc(Br)c2o1. The molecule has 3 aromatic rings. The van der Waals surface area contributed by atoms with Gasteiger partial charge in [0.25, 0.3) is 5.91 Å². The van der Waals surface area contributed by atoms with Crippen LogP contribution in [-0.4, -0.2) is 16.1 Å². The Kier molecular flexibility index (Phi) is 3.08. The summed E-state index contributed by atoms with van der Waals surface area (Å²) in [5.41, 5.74) is 1.51. The summed E-state index contributed by atoms with van der Waals surface area (Å²) in [5, 5.41) is 10.2. The monoisotopic (exact) mass is 319 g/mol. The van der Waals surface area contributed by atoms with Gasteiger partial charge in [0.05, 0.1) is 16.7 Å². The zero-order chi connectivity index (χ0) is 13.2. The molecule has 2 N–H and O–H groups in total.